The van der Waals surface area contributed by atoms with Gasteiger partial charge in [0, 0.05) is 5.92 Å². The first kappa shape index (κ1) is 18.5. The van der Waals surface area contributed by atoms with E-state index in [0.29, 0.717) is 0 Å². The van der Waals surface area contributed by atoms with Gasteiger partial charge in [-0.15, -0.1) is 0 Å². The number of amides is 1. The summed E-state index contributed by atoms with van der Waals surface area (Å²) >= 11 is 0. The van der Waals surface area contributed by atoms with E-state index in [1.54, 1.807) is 0 Å². The first-order valence-electron chi connectivity index (χ1n) is 8.28. The summed E-state index contributed by atoms with van der Waals surface area (Å²) in [6, 6.07) is 0. The summed E-state index contributed by atoms with van der Waals surface area (Å²) in [4.78, 5) is 12.0. The van der Waals surface area contributed by atoms with Gasteiger partial charge in [0.05, 0.1) is 11.7 Å². The van der Waals surface area contributed by atoms with Crippen LogP contribution in [0.1, 0.15) is 57.8 Å². The minimum Gasteiger partial charge on any atom is -0.274 e. The minimum absolute atomic E-state index is 0.0589. The maximum Gasteiger partial charge on any atom is 0.391 e. The zero-order valence-electron chi connectivity index (χ0n) is 13.1. The summed E-state index contributed by atoms with van der Waals surface area (Å²) < 4.78 is 64.0. The van der Waals surface area contributed by atoms with Crippen LogP contribution in [0, 0.1) is 17.8 Å². The molecule has 0 saturated heterocycles. The van der Waals surface area contributed by atoms with E-state index in [4.69, 9.17) is 0 Å². The lowest BCUT2D eigenvalue weighted by atomic mass is 9.81. The third-order valence-corrected chi connectivity index (χ3v) is 6.42. The molecule has 23 heavy (non-hydrogen) atoms. The van der Waals surface area contributed by atoms with Crippen molar-refractivity contribution in [3.8, 4) is 0 Å². The number of carbonyl (C=O) groups is 1. The van der Waals surface area contributed by atoms with Crippen LogP contribution >= 0.6 is 0 Å². The highest BCUT2D eigenvalue weighted by Crippen LogP contribution is 2.39. The van der Waals surface area contributed by atoms with Crippen molar-refractivity contribution < 1.29 is 26.4 Å². The number of hydrogen-bond donors (Lipinski definition) is 1. The maximum absolute atomic E-state index is 12.6. The van der Waals surface area contributed by atoms with Crippen LogP contribution in [0.15, 0.2) is 0 Å². The Balaban J connectivity index is 1.82. The number of nitrogens with one attached hydrogen (secondary N) is 1. The molecule has 0 radical (unpaired) electrons. The van der Waals surface area contributed by atoms with Crippen LogP contribution in [0.3, 0.4) is 0 Å². The molecule has 8 heteroatoms. The van der Waals surface area contributed by atoms with E-state index < -0.39 is 33.9 Å². The molecule has 0 aromatic rings. The van der Waals surface area contributed by atoms with E-state index >= 15 is 0 Å². The van der Waals surface area contributed by atoms with Crippen LogP contribution in [0.2, 0.25) is 0 Å². The molecule has 4 nitrogen and oxygen atoms in total. The molecule has 0 aromatic heterocycles. The summed E-state index contributed by atoms with van der Waals surface area (Å²) in [5.41, 5.74) is 0. The topological polar surface area (TPSA) is 63.2 Å². The fourth-order valence-electron chi connectivity index (χ4n) is 3.63. The zero-order valence-corrected chi connectivity index (χ0v) is 13.9. The van der Waals surface area contributed by atoms with E-state index in [-0.39, 0.29) is 37.4 Å². The second-order valence-electron chi connectivity index (χ2n) is 6.84. The largest absolute Gasteiger partial charge is 0.391 e. The lowest BCUT2D eigenvalue weighted by Gasteiger charge is -2.29. The van der Waals surface area contributed by atoms with Crippen molar-refractivity contribution >= 4 is 15.9 Å². The number of halogens is 3. The first-order chi connectivity index (χ1) is 10.7. The van der Waals surface area contributed by atoms with Crippen LogP contribution in [-0.2, 0) is 14.8 Å². The molecule has 1 N–H and O–H groups in total. The van der Waals surface area contributed by atoms with Gasteiger partial charge in [-0.05, 0) is 44.4 Å². The third-order valence-electron chi connectivity index (χ3n) is 5.00. The highest BCUT2D eigenvalue weighted by Gasteiger charge is 2.42. The van der Waals surface area contributed by atoms with E-state index in [1.807, 2.05) is 0 Å². The average molecular weight is 355 g/mol. The van der Waals surface area contributed by atoms with Crippen molar-refractivity contribution in [2.75, 3.05) is 5.75 Å². The maximum atomic E-state index is 12.6. The Morgan fingerprint density at radius 1 is 0.957 bits per heavy atom. The smallest absolute Gasteiger partial charge is 0.274 e. The SMILES string of the molecule is O=C(NS(=O)(=O)CC1CCCCC1)C1CCC(C(F)(F)F)CC1. The molecule has 2 saturated carbocycles. The van der Waals surface area contributed by atoms with Gasteiger partial charge in [0.1, 0.15) is 0 Å². The predicted octanol–water partition coefficient (Wildman–Crippen LogP) is 3.38. The van der Waals surface area contributed by atoms with Crippen molar-refractivity contribution in [1.29, 1.82) is 0 Å². The van der Waals surface area contributed by atoms with Crippen molar-refractivity contribution in [1.82, 2.24) is 4.72 Å². The molecule has 2 aliphatic carbocycles. The Morgan fingerprint density at radius 2 is 1.52 bits per heavy atom. The second-order valence-corrected chi connectivity index (χ2v) is 8.61. The molecule has 0 heterocycles. The van der Waals surface area contributed by atoms with Crippen LogP contribution in [-0.4, -0.2) is 26.3 Å². The molecule has 2 fully saturated rings. The van der Waals surface area contributed by atoms with E-state index in [0.717, 1.165) is 32.1 Å². The van der Waals surface area contributed by atoms with Crippen LogP contribution in [0.25, 0.3) is 0 Å². The number of hydrogen-bond acceptors (Lipinski definition) is 3. The first-order valence-corrected chi connectivity index (χ1v) is 9.93. The number of carbonyl (C=O) groups excluding carboxylic acids is 1. The quantitative estimate of drug-likeness (QED) is 0.841. The summed E-state index contributed by atoms with van der Waals surface area (Å²) in [6.07, 6.45) is 0.584. The summed E-state index contributed by atoms with van der Waals surface area (Å²) in [5, 5.41) is 0. The fourth-order valence-corrected chi connectivity index (χ4v) is 5.14. The molecule has 0 bridgehead atoms. The minimum atomic E-state index is -4.23. The summed E-state index contributed by atoms with van der Waals surface area (Å²) in [5.74, 6) is -2.62. The monoisotopic (exact) mass is 355 g/mol. The Morgan fingerprint density at radius 3 is 2.04 bits per heavy atom. The van der Waals surface area contributed by atoms with Gasteiger partial charge in [-0.3, -0.25) is 9.52 Å². The molecule has 0 atom stereocenters. The van der Waals surface area contributed by atoms with Gasteiger partial charge in [-0.25, -0.2) is 8.42 Å². The number of sulfonamides is 1. The highest BCUT2D eigenvalue weighted by atomic mass is 32.2. The lowest BCUT2D eigenvalue weighted by Crippen LogP contribution is -2.41. The van der Waals surface area contributed by atoms with Gasteiger partial charge in [-0.1, -0.05) is 19.3 Å². The molecule has 0 aliphatic heterocycles. The Labute approximate surface area is 135 Å². The van der Waals surface area contributed by atoms with Gasteiger partial charge in [0.2, 0.25) is 15.9 Å². The van der Waals surface area contributed by atoms with Gasteiger partial charge in [-0.2, -0.15) is 13.2 Å². The van der Waals surface area contributed by atoms with Crippen LogP contribution in [0.4, 0.5) is 13.2 Å². The Hall–Kier alpha value is -0.790. The second kappa shape index (κ2) is 7.40. The summed E-state index contributed by atoms with van der Waals surface area (Å²) in [7, 11) is -3.69. The molecule has 0 spiro atoms. The number of alkyl halides is 3. The van der Waals surface area contributed by atoms with Crippen molar-refractivity contribution in [2.24, 2.45) is 17.8 Å². The molecular weight excluding hydrogens is 331 g/mol. The normalized spacial score (nSPS) is 27.6. The fraction of sp³-hybridized carbons (Fsp3) is 0.933. The molecule has 0 unspecified atom stereocenters. The zero-order chi connectivity index (χ0) is 17.1. The standard InChI is InChI=1S/C15H24F3NO3S/c16-15(17,18)13-8-6-12(7-9-13)14(20)19-23(21,22)10-11-4-2-1-3-5-11/h11-13H,1-10H2,(H,19,20). The molecule has 0 aromatic carbocycles. The molecule has 2 rings (SSSR count). The molecular formula is C15H24F3NO3S. The lowest BCUT2D eigenvalue weighted by molar-refractivity contribution is -0.184. The van der Waals surface area contributed by atoms with Crippen molar-refractivity contribution in [3.05, 3.63) is 0 Å². The van der Waals surface area contributed by atoms with Gasteiger partial charge in [0.25, 0.3) is 0 Å². The van der Waals surface area contributed by atoms with E-state index in [1.165, 1.54) is 0 Å². The highest BCUT2D eigenvalue weighted by molar-refractivity contribution is 7.90. The Kier molecular flexibility index (Phi) is 5.97. The molecule has 1 amide bonds. The van der Waals surface area contributed by atoms with E-state index in [9.17, 15) is 26.4 Å². The number of rotatable bonds is 4. The van der Waals surface area contributed by atoms with Gasteiger partial charge < -0.3 is 0 Å². The third kappa shape index (κ3) is 5.65. The molecule has 134 valence electrons. The predicted molar refractivity (Wildman–Crippen MR) is 80.0 cm³/mol. The van der Waals surface area contributed by atoms with Crippen molar-refractivity contribution in [3.63, 3.8) is 0 Å². The van der Waals surface area contributed by atoms with Gasteiger partial charge >= 0.3 is 6.18 Å². The van der Waals surface area contributed by atoms with Crippen molar-refractivity contribution in [2.45, 2.75) is 64.0 Å². The van der Waals surface area contributed by atoms with E-state index in [2.05, 4.69) is 4.72 Å². The molecule has 2 aliphatic rings. The van der Waals surface area contributed by atoms with Crippen LogP contribution in [0.5, 0.6) is 0 Å². The summed E-state index contributed by atoms with van der Waals surface area (Å²) in [6.45, 7) is 0. The average Bonchev–Trinajstić information content (AvgIpc) is 2.46. The van der Waals surface area contributed by atoms with Crippen LogP contribution < -0.4 is 4.72 Å². The van der Waals surface area contributed by atoms with Gasteiger partial charge in [0.15, 0.2) is 0 Å². The Bertz CT molecular complexity index is 505.